The van der Waals surface area contributed by atoms with Gasteiger partial charge in [-0.2, -0.15) is 0 Å². The van der Waals surface area contributed by atoms with E-state index >= 15 is 0 Å². The third kappa shape index (κ3) is 3.15. The van der Waals surface area contributed by atoms with E-state index < -0.39 is 0 Å². The summed E-state index contributed by atoms with van der Waals surface area (Å²) in [5.41, 5.74) is 1.16. The van der Waals surface area contributed by atoms with Gasteiger partial charge < -0.3 is 14.8 Å². The number of methoxy groups -OCH3 is 2. The van der Waals surface area contributed by atoms with Crippen LogP contribution in [0.4, 0.5) is 0 Å². The molecule has 3 nitrogen and oxygen atoms in total. The van der Waals surface area contributed by atoms with Gasteiger partial charge in [0.15, 0.2) is 11.5 Å². The van der Waals surface area contributed by atoms with E-state index in [1.807, 2.05) is 19.2 Å². The van der Waals surface area contributed by atoms with Gasteiger partial charge in [0, 0.05) is 6.04 Å². The zero-order valence-electron chi connectivity index (χ0n) is 11.8. The Morgan fingerprint density at radius 3 is 2.53 bits per heavy atom. The number of benzene rings is 1. The molecule has 19 heavy (non-hydrogen) atoms. The molecule has 2 rings (SSSR count). The molecule has 0 bridgehead atoms. The van der Waals surface area contributed by atoms with Crippen LogP contribution in [0.15, 0.2) is 12.1 Å². The van der Waals surface area contributed by atoms with Crippen molar-refractivity contribution >= 4 is 11.6 Å². The van der Waals surface area contributed by atoms with Gasteiger partial charge in [-0.25, -0.2) is 0 Å². The van der Waals surface area contributed by atoms with Crippen molar-refractivity contribution in [2.45, 2.75) is 31.7 Å². The first-order valence-corrected chi connectivity index (χ1v) is 7.16. The highest BCUT2D eigenvalue weighted by molar-refractivity contribution is 6.32. The standard InChI is InChI=1S/C15H22ClNO2/c1-17-13(7-10-5-4-6-10)11-8-12(16)15(19-3)14(9-11)18-2/h8-10,13,17H,4-7H2,1-3H3. The molecule has 1 unspecified atom stereocenters. The molecule has 1 atom stereocenters. The Balaban J connectivity index is 2.23. The van der Waals surface area contributed by atoms with Gasteiger partial charge in [-0.05, 0) is 37.1 Å². The molecule has 1 aromatic rings. The maximum absolute atomic E-state index is 6.27. The lowest BCUT2D eigenvalue weighted by Gasteiger charge is -2.30. The minimum atomic E-state index is 0.322. The molecule has 1 aliphatic carbocycles. The highest BCUT2D eigenvalue weighted by Gasteiger charge is 2.23. The second kappa shape index (κ2) is 6.49. The molecule has 0 amide bonds. The van der Waals surface area contributed by atoms with Crippen LogP contribution in [0.5, 0.6) is 11.5 Å². The highest BCUT2D eigenvalue weighted by atomic mass is 35.5. The lowest BCUT2D eigenvalue weighted by atomic mass is 9.79. The minimum absolute atomic E-state index is 0.322. The summed E-state index contributed by atoms with van der Waals surface area (Å²) in [6.07, 6.45) is 5.22. The van der Waals surface area contributed by atoms with E-state index in [2.05, 4.69) is 5.32 Å². The van der Waals surface area contributed by atoms with E-state index in [4.69, 9.17) is 21.1 Å². The van der Waals surface area contributed by atoms with Gasteiger partial charge in [-0.1, -0.05) is 30.9 Å². The number of rotatable bonds is 6. The quantitative estimate of drug-likeness (QED) is 0.861. The summed E-state index contributed by atoms with van der Waals surface area (Å²) in [6, 6.07) is 4.32. The van der Waals surface area contributed by atoms with E-state index in [9.17, 15) is 0 Å². The minimum Gasteiger partial charge on any atom is -0.493 e. The Morgan fingerprint density at radius 1 is 1.32 bits per heavy atom. The fourth-order valence-electron chi connectivity index (χ4n) is 2.62. The molecule has 0 radical (unpaired) electrons. The Bertz CT molecular complexity index is 432. The summed E-state index contributed by atoms with van der Waals surface area (Å²) in [6.45, 7) is 0. The highest BCUT2D eigenvalue weighted by Crippen LogP contribution is 2.40. The number of hydrogen-bond donors (Lipinski definition) is 1. The van der Waals surface area contributed by atoms with Crippen molar-refractivity contribution < 1.29 is 9.47 Å². The second-order valence-electron chi connectivity index (χ2n) is 5.11. The second-order valence-corrected chi connectivity index (χ2v) is 5.52. The molecular formula is C15H22ClNO2. The van der Waals surface area contributed by atoms with Crippen molar-refractivity contribution in [1.82, 2.24) is 5.32 Å². The van der Waals surface area contributed by atoms with Crippen LogP contribution >= 0.6 is 11.6 Å². The van der Waals surface area contributed by atoms with E-state index in [0.717, 1.165) is 17.9 Å². The maximum atomic E-state index is 6.27. The Kier molecular flexibility index (Phi) is 4.94. The van der Waals surface area contributed by atoms with Crippen molar-refractivity contribution in [3.63, 3.8) is 0 Å². The van der Waals surface area contributed by atoms with Crippen LogP contribution in [0.25, 0.3) is 0 Å². The van der Waals surface area contributed by atoms with Crippen LogP contribution in [0.2, 0.25) is 5.02 Å². The van der Waals surface area contributed by atoms with E-state index in [0.29, 0.717) is 22.6 Å². The predicted molar refractivity (Wildman–Crippen MR) is 78.3 cm³/mol. The Hall–Kier alpha value is -0.930. The Morgan fingerprint density at radius 2 is 2.05 bits per heavy atom. The molecule has 1 aliphatic rings. The number of nitrogens with one attached hydrogen (secondary N) is 1. The van der Waals surface area contributed by atoms with Crippen LogP contribution in [0, 0.1) is 5.92 Å². The lowest BCUT2D eigenvalue weighted by molar-refractivity contribution is 0.265. The summed E-state index contributed by atoms with van der Waals surface area (Å²) in [5, 5.41) is 3.98. The summed E-state index contributed by atoms with van der Waals surface area (Å²) in [4.78, 5) is 0. The van der Waals surface area contributed by atoms with Gasteiger partial charge >= 0.3 is 0 Å². The third-order valence-electron chi connectivity index (χ3n) is 4.00. The summed E-state index contributed by atoms with van der Waals surface area (Å²) >= 11 is 6.27. The monoisotopic (exact) mass is 283 g/mol. The molecule has 1 aromatic carbocycles. The molecule has 1 N–H and O–H groups in total. The first kappa shape index (κ1) is 14.5. The van der Waals surface area contributed by atoms with Crippen molar-refractivity contribution in [2.24, 2.45) is 5.92 Å². The van der Waals surface area contributed by atoms with Crippen LogP contribution in [-0.2, 0) is 0 Å². The maximum Gasteiger partial charge on any atom is 0.179 e. The average molecular weight is 284 g/mol. The SMILES string of the molecule is CNC(CC1CCC1)c1cc(Cl)c(OC)c(OC)c1. The first-order chi connectivity index (χ1) is 9.19. The molecule has 106 valence electrons. The number of ether oxygens (including phenoxy) is 2. The smallest absolute Gasteiger partial charge is 0.179 e. The van der Waals surface area contributed by atoms with Gasteiger partial charge in [0.1, 0.15) is 0 Å². The van der Waals surface area contributed by atoms with Crippen molar-refractivity contribution in [1.29, 1.82) is 0 Å². The zero-order chi connectivity index (χ0) is 13.8. The van der Waals surface area contributed by atoms with Gasteiger partial charge in [-0.15, -0.1) is 0 Å². The van der Waals surface area contributed by atoms with Gasteiger partial charge in [0.05, 0.1) is 19.2 Å². The topological polar surface area (TPSA) is 30.5 Å². The molecule has 4 heteroatoms. The van der Waals surface area contributed by atoms with Crippen molar-refractivity contribution in [2.75, 3.05) is 21.3 Å². The van der Waals surface area contributed by atoms with Crippen molar-refractivity contribution in [3.8, 4) is 11.5 Å². The summed E-state index contributed by atoms with van der Waals surface area (Å²) < 4.78 is 10.6. The van der Waals surface area contributed by atoms with E-state index in [1.165, 1.54) is 19.3 Å². The first-order valence-electron chi connectivity index (χ1n) is 6.78. The molecule has 0 spiro atoms. The molecule has 1 saturated carbocycles. The molecule has 0 heterocycles. The van der Waals surface area contributed by atoms with Gasteiger partial charge in [0.25, 0.3) is 0 Å². The molecule has 0 saturated heterocycles. The molecule has 0 aromatic heterocycles. The molecule has 1 fully saturated rings. The van der Waals surface area contributed by atoms with Crippen LogP contribution in [0.1, 0.15) is 37.3 Å². The fourth-order valence-corrected chi connectivity index (χ4v) is 2.92. The predicted octanol–water partition coefficient (Wildman–Crippen LogP) is 3.81. The molecular weight excluding hydrogens is 262 g/mol. The van der Waals surface area contributed by atoms with Gasteiger partial charge in [0.2, 0.25) is 0 Å². The fraction of sp³-hybridized carbons (Fsp3) is 0.600. The third-order valence-corrected chi connectivity index (χ3v) is 4.28. The Labute approximate surface area is 120 Å². The van der Waals surface area contributed by atoms with Crippen LogP contribution in [-0.4, -0.2) is 21.3 Å². The van der Waals surface area contributed by atoms with E-state index in [1.54, 1.807) is 14.2 Å². The van der Waals surface area contributed by atoms with Crippen LogP contribution in [0.3, 0.4) is 0 Å². The summed E-state index contributed by atoms with van der Waals surface area (Å²) in [7, 11) is 5.24. The van der Waals surface area contributed by atoms with E-state index in [-0.39, 0.29) is 0 Å². The van der Waals surface area contributed by atoms with Crippen LogP contribution < -0.4 is 14.8 Å². The number of hydrogen-bond acceptors (Lipinski definition) is 3. The largest absolute Gasteiger partial charge is 0.493 e. The van der Waals surface area contributed by atoms with Gasteiger partial charge in [-0.3, -0.25) is 0 Å². The summed E-state index contributed by atoms with van der Waals surface area (Å²) in [5.74, 6) is 2.13. The lowest BCUT2D eigenvalue weighted by Crippen LogP contribution is -2.23. The van der Waals surface area contributed by atoms with Crippen molar-refractivity contribution in [3.05, 3.63) is 22.7 Å². The zero-order valence-corrected chi connectivity index (χ0v) is 12.6. The normalized spacial score (nSPS) is 16.8. The number of halogens is 1. The average Bonchev–Trinajstić information content (AvgIpc) is 2.36. The molecule has 0 aliphatic heterocycles.